The topological polar surface area (TPSA) is 12.4 Å². The number of hydrogen-bond donors (Lipinski definition) is 0. The Balaban J connectivity index is 1.75. The van der Waals surface area contributed by atoms with Crippen LogP contribution in [0.2, 0.25) is 0 Å². The molecule has 0 bridgehead atoms. The highest BCUT2D eigenvalue weighted by molar-refractivity contribution is 6.00. The van der Waals surface area contributed by atoms with Gasteiger partial charge in [0.1, 0.15) is 0 Å². The van der Waals surface area contributed by atoms with E-state index in [-0.39, 0.29) is 0 Å². The molecule has 0 aromatic heterocycles. The summed E-state index contributed by atoms with van der Waals surface area (Å²) in [5, 5.41) is 0. The molecule has 2 aromatic rings. The molecule has 0 spiro atoms. The predicted octanol–water partition coefficient (Wildman–Crippen LogP) is 5.88. The van der Waals surface area contributed by atoms with Gasteiger partial charge in [-0.1, -0.05) is 61.7 Å². The van der Waals surface area contributed by atoms with Crippen LogP contribution in [0.5, 0.6) is 0 Å². The smallest absolute Gasteiger partial charge is 0.0633 e. The average Bonchev–Trinajstić information content (AvgIpc) is 2.57. The van der Waals surface area contributed by atoms with E-state index in [1.807, 2.05) is 6.07 Å². The third-order valence-corrected chi connectivity index (χ3v) is 4.46. The van der Waals surface area contributed by atoms with E-state index in [9.17, 15) is 0 Å². The largest absolute Gasteiger partial charge is 0.253 e. The van der Waals surface area contributed by atoms with Crippen LogP contribution >= 0.6 is 0 Å². The molecule has 1 aliphatic carbocycles. The van der Waals surface area contributed by atoms with Gasteiger partial charge in [0.2, 0.25) is 0 Å². The van der Waals surface area contributed by atoms with E-state index in [1.54, 1.807) is 0 Å². The summed E-state index contributed by atoms with van der Waals surface area (Å²) < 4.78 is 0. The fourth-order valence-corrected chi connectivity index (χ4v) is 3.19. The zero-order chi connectivity index (χ0) is 14.5. The van der Waals surface area contributed by atoms with E-state index in [0.29, 0.717) is 0 Å². The van der Waals surface area contributed by atoms with E-state index in [1.165, 1.54) is 43.2 Å². The lowest BCUT2D eigenvalue weighted by atomic mass is 9.84. The molecule has 1 heteroatoms. The number of rotatable bonds is 3. The SMILES string of the molecule is CC(=Nc1ccc(C2CCCCC2)cc1)c1ccccc1. The fourth-order valence-electron chi connectivity index (χ4n) is 3.19. The molecule has 0 amide bonds. The quantitative estimate of drug-likeness (QED) is 0.622. The van der Waals surface area contributed by atoms with Crippen LogP contribution in [0.25, 0.3) is 0 Å². The zero-order valence-electron chi connectivity index (χ0n) is 12.8. The minimum Gasteiger partial charge on any atom is -0.253 e. The number of nitrogens with zero attached hydrogens (tertiary/aromatic N) is 1. The molecular formula is C20H23N. The van der Waals surface area contributed by atoms with E-state index in [0.717, 1.165) is 17.3 Å². The summed E-state index contributed by atoms with van der Waals surface area (Å²) in [5.41, 5.74) is 4.80. The van der Waals surface area contributed by atoms with Gasteiger partial charge in [0.25, 0.3) is 0 Å². The summed E-state index contributed by atoms with van der Waals surface area (Å²) in [7, 11) is 0. The summed E-state index contributed by atoms with van der Waals surface area (Å²) in [6.45, 7) is 2.07. The van der Waals surface area contributed by atoms with E-state index >= 15 is 0 Å². The summed E-state index contributed by atoms with van der Waals surface area (Å²) in [5.74, 6) is 0.770. The van der Waals surface area contributed by atoms with Gasteiger partial charge in [-0.2, -0.15) is 0 Å². The molecule has 1 saturated carbocycles. The highest BCUT2D eigenvalue weighted by Gasteiger charge is 2.14. The second-order valence-electron chi connectivity index (χ2n) is 5.99. The first-order valence-electron chi connectivity index (χ1n) is 8.03. The first-order chi connectivity index (χ1) is 10.3. The molecule has 1 aliphatic rings. The van der Waals surface area contributed by atoms with Gasteiger partial charge >= 0.3 is 0 Å². The molecule has 0 N–H and O–H groups in total. The Labute approximate surface area is 127 Å². The van der Waals surface area contributed by atoms with Crippen LogP contribution in [0.1, 0.15) is 56.1 Å². The average molecular weight is 277 g/mol. The van der Waals surface area contributed by atoms with Gasteiger partial charge in [-0.3, -0.25) is 4.99 Å². The second-order valence-corrected chi connectivity index (χ2v) is 5.99. The first-order valence-corrected chi connectivity index (χ1v) is 8.03. The first kappa shape index (κ1) is 14.1. The lowest BCUT2D eigenvalue weighted by Crippen LogP contribution is -2.03. The maximum atomic E-state index is 4.73. The van der Waals surface area contributed by atoms with Crippen LogP contribution in [-0.4, -0.2) is 5.71 Å². The lowest BCUT2D eigenvalue weighted by Gasteiger charge is -2.21. The van der Waals surface area contributed by atoms with Crippen molar-refractivity contribution in [2.45, 2.75) is 44.9 Å². The molecule has 0 atom stereocenters. The number of hydrogen-bond acceptors (Lipinski definition) is 1. The van der Waals surface area contributed by atoms with Gasteiger partial charge in [0.05, 0.1) is 5.69 Å². The van der Waals surface area contributed by atoms with Crippen molar-refractivity contribution in [2.75, 3.05) is 0 Å². The molecule has 1 fully saturated rings. The van der Waals surface area contributed by atoms with Gasteiger partial charge in [0, 0.05) is 5.71 Å². The minimum absolute atomic E-state index is 0.770. The van der Waals surface area contributed by atoms with Gasteiger partial charge < -0.3 is 0 Å². The third-order valence-electron chi connectivity index (χ3n) is 4.46. The van der Waals surface area contributed by atoms with Gasteiger partial charge in [-0.05, 0) is 48.9 Å². The lowest BCUT2D eigenvalue weighted by molar-refractivity contribution is 0.443. The summed E-state index contributed by atoms with van der Waals surface area (Å²) in [4.78, 5) is 4.73. The molecule has 21 heavy (non-hydrogen) atoms. The van der Waals surface area contributed by atoms with E-state index < -0.39 is 0 Å². The summed E-state index contributed by atoms with van der Waals surface area (Å²) >= 11 is 0. The van der Waals surface area contributed by atoms with Crippen LogP contribution in [0.15, 0.2) is 59.6 Å². The van der Waals surface area contributed by atoms with Crippen molar-refractivity contribution in [1.29, 1.82) is 0 Å². The van der Waals surface area contributed by atoms with Crippen molar-refractivity contribution in [3.8, 4) is 0 Å². The standard InChI is InChI=1S/C20H23N/c1-16(17-8-4-2-5-9-17)21-20-14-12-19(13-15-20)18-10-6-3-7-11-18/h2,4-5,8-9,12-15,18H,3,6-7,10-11H2,1H3. The molecule has 0 unspecified atom stereocenters. The van der Waals surface area contributed by atoms with Crippen LogP contribution in [0.4, 0.5) is 5.69 Å². The Bertz CT molecular complexity index is 589. The maximum Gasteiger partial charge on any atom is 0.0633 e. The fraction of sp³-hybridized carbons (Fsp3) is 0.350. The van der Waals surface area contributed by atoms with Crippen molar-refractivity contribution < 1.29 is 0 Å². The third kappa shape index (κ3) is 3.60. The number of aliphatic imine (C=N–C) groups is 1. The minimum atomic E-state index is 0.770. The molecule has 108 valence electrons. The normalized spacial score (nSPS) is 16.9. The van der Waals surface area contributed by atoms with Gasteiger partial charge in [-0.15, -0.1) is 0 Å². The Kier molecular flexibility index (Phi) is 4.49. The molecule has 1 nitrogen and oxygen atoms in total. The van der Waals surface area contributed by atoms with Crippen LogP contribution in [0.3, 0.4) is 0 Å². The molecular weight excluding hydrogens is 254 g/mol. The van der Waals surface area contributed by atoms with Crippen molar-refractivity contribution >= 4 is 11.4 Å². The maximum absolute atomic E-state index is 4.73. The highest BCUT2D eigenvalue weighted by atomic mass is 14.7. The van der Waals surface area contributed by atoms with Crippen molar-refractivity contribution in [3.63, 3.8) is 0 Å². The Morgan fingerprint density at radius 3 is 2.19 bits per heavy atom. The molecule has 0 heterocycles. The van der Waals surface area contributed by atoms with Gasteiger partial charge in [-0.25, -0.2) is 0 Å². The predicted molar refractivity (Wildman–Crippen MR) is 90.6 cm³/mol. The Hall–Kier alpha value is -1.89. The van der Waals surface area contributed by atoms with Gasteiger partial charge in [0.15, 0.2) is 0 Å². The van der Waals surface area contributed by atoms with E-state index in [4.69, 9.17) is 4.99 Å². The van der Waals surface area contributed by atoms with Crippen molar-refractivity contribution in [3.05, 3.63) is 65.7 Å². The highest BCUT2D eigenvalue weighted by Crippen LogP contribution is 2.33. The van der Waals surface area contributed by atoms with Crippen LogP contribution < -0.4 is 0 Å². The molecule has 0 aliphatic heterocycles. The van der Waals surface area contributed by atoms with Crippen LogP contribution in [-0.2, 0) is 0 Å². The van der Waals surface area contributed by atoms with Crippen molar-refractivity contribution in [1.82, 2.24) is 0 Å². The van der Waals surface area contributed by atoms with Crippen molar-refractivity contribution in [2.24, 2.45) is 4.99 Å². The molecule has 2 aromatic carbocycles. The molecule has 0 saturated heterocycles. The summed E-state index contributed by atoms with van der Waals surface area (Å²) in [6.07, 6.45) is 6.89. The summed E-state index contributed by atoms with van der Waals surface area (Å²) in [6, 6.07) is 19.2. The monoisotopic (exact) mass is 277 g/mol. The Morgan fingerprint density at radius 1 is 0.857 bits per heavy atom. The number of benzene rings is 2. The van der Waals surface area contributed by atoms with Crippen LogP contribution in [0, 0.1) is 0 Å². The van der Waals surface area contributed by atoms with E-state index in [2.05, 4.69) is 55.5 Å². The zero-order valence-corrected chi connectivity index (χ0v) is 12.8. The second kappa shape index (κ2) is 6.71. The Morgan fingerprint density at radius 2 is 1.52 bits per heavy atom. The molecule has 3 rings (SSSR count). The molecule has 0 radical (unpaired) electrons.